The number of ether oxygens (including phenoxy) is 1. The van der Waals surface area contributed by atoms with Gasteiger partial charge in [0.25, 0.3) is 0 Å². The molecule has 0 atom stereocenters. The Morgan fingerprint density at radius 3 is 1.78 bits per heavy atom. The van der Waals surface area contributed by atoms with Gasteiger partial charge in [0, 0.05) is 10.6 Å². The highest BCUT2D eigenvalue weighted by molar-refractivity contribution is 7.79. The average molecular weight is 376 g/mol. The highest BCUT2D eigenvalue weighted by Gasteiger charge is 2.30. The summed E-state index contributed by atoms with van der Waals surface area (Å²) >= 11 is 0. The molecule has 0 heterocycles. The molecule has 4 heteroatoms. The lowest BCUT2D eigenvalue weighted by Crippen LogP contribution is -2.22. The first-order chi connectivity index (χ1) is 13.2. The molecule has 3 aromatic rings. The zero-order valence-electron chi connectivity index (χ0n) is 14.9. The van der Waals surface area contributed by atoms with Crippen molar-refractivity contribution < 1.29 is 14.1 Å². The van der Waals surface area contributed by atoms with Gasteiger partial charge in [-0.15, -0.1) is 0 Å². The van der Waals surface area contributed by atoms with Crippen LogP contribution in [0.5, 0.6) is 0 Å². The number of carbonyl (C=O) groups excluding carboxylic acids is 1. The molecule has 0 amide bonds. The minimum atomic E-state index is -3.10. The summed E-state index contributed by atoms with van der Waals surface area (Å²) in [5.74, 6) is -0.504. The van der Waals surface area contributed by atoms with Crippen molar-refractivity contribution in [2.24, 2.45) is 0 Å². The van der Waals surface area contributed by atoms with Gasteiger partial charge >= 0.3 is 5.97 Å². The lowest BCUT2D eigenvalue weighted by Gasteiger charge is -2.18. The van der Waals surface area contributed by atoms with Crippen LogP contribution in [0.15, 0.2) is 103 Å². The van der Waals surface area contributed by atoms with E-state index in [0.717, 1.165) is 5.56 Å². The van der Waals surface area contributed by atoms with E-state index >= 15 is 0 Å². The average Bonchev–Trinajstić information content (AvgIpc) is 2.73. The predicted octanol–water partition coefficient (Wildman–Crippen LogP) is 4.30. The number of hydrogen-bond acceptors (Lipinski definition) is 3. The molecular weight excluding hydrogens is 355 g/mol. The number of hydrogen-bond donors (Lipinski definition) is 0. The third kappa shape index (κ3) is 5.06. The maximum absolute atomic E-state index is 13.8. The van der Waals surface area contributed by atoms with Crippen LogP contribution in [-0.2, 0) is 20.5 Å². The Bertz CT molecular complexity index is 892. The van der Waals surface area contributed by atoms with E-state index in [1.807, 2.05) is 66.7 Å². The van der Waals surface area contributed by atoms with E-state index < -0.39 is 13.1 Å². The molecule has 0 N–H and O–H groups in total. The van der Waals surface area contributed by atoms with Crippen LogP contribution >= 0.6 is 7.14 Å². The van der Waals surface area contributed by atoms with Gasteiger partial charge < -0.3 is 9.30 Å². The van der Waals surface area contributed by atoms with Gasteiger partial charge in [-0.25, -0.2) is 0 Å². The summed E-state index contributed by atoms with van der Waals surface area (Å²) in [6.45, 7) is 0. The van der Waals surface area contributed by atoms with Gasteiger partial charge in [-0.2, -0.15) is 0 Å². The summed E-state index contributed by atoms with van der Waals surface area (Å²) in [5.41, 5.74) is 1.13. The second kappa shape index (κ2) is 9.16. The molecule has 0 saturated heterocycles. The molecule has 0 fully saturated rings. The molecule has 0 aromatic heterocycles. The molecule has 0 radical (unpaired) electrons. The summed E-state index contributed by atoms with van der Waals surface area (Å²) in [5, 5.41) is 1.31. The van der Waals surface area contributed by atoms with E-state index in [2.05, 4.69) is 0 Å². The Morgan fingerprint density at radius 1 is 0.778 bits per heavy atom. The summed E-state index contributed by atoms with van der Waals surface area (Å²) in [7, 11) is -3.10. The van der Waals surface area contributed by atoms with E-state index in [4.69, 9.17) is 4.74 Å². The zero-order valence-corrected chi connectivity index (χ0v) is 15.8. The van der Waals surface area contributed by atoms with Crippen molar-refractivity contribution in [2.45, 2.75) is 6.42 Å². The van der Waals surface area contributed by atoms with Crippen LogP contribution in [0, 0.1) is 0 Å². The lowest BCUT2D eigenvalue weighted by atomic mass is 10.2. The van der Waals surface area contributed by atoms with Gasteiger partial charge in [0.1, 0.15) is 6.16 Å². The van der Waals surface area contributed by atoms with Gasteiger partial charge in [0.15, 0.2) is 7.14 Å². The van der Waals surface area contributed by atoms with Crippen LogP contribution in [-0.4, -0.2) is 12.1 Å². The first-order valence-electron chi connectivity index (χ1n) is 8.77. The number of rotatable bonds is 7. The van der Waals surface area contributed by atoms with E-state index in [0.29, 0.717) is 17.0 Å². The smallest absolute Gasteiger partial charge is 0.318 e. The molecule has 0 aliphatic carbocycles. The second-order valence-electron chi connectivity index (χ2n) is 6.12. The molecule has 0 bridgehead atoms. The molecular formula is C23H21O3P. The highest BCUT2D eigenvalue weighted by Crippen LogP contribution is 2.43. The Hall–Kier alpha value is -2.90. The first-order valence-corrected chi connectivity index (χ1v) is 10.7. The summed E-state index contributed by atoms with van der Waals surface area (Å²) < 4.78 is 19.0. The molecule has 0 aliphatic rings. The van der Waals surface area contributed by atoms with Crippen molar-refractivity contribution in [2.75, 3.05) is 6.16 Å². The van der Waals surface area contributed by atoms with Crippen LogP contribution in [0.2, 0.25) is 0 Å². The minimum absolute atomic E-state index is 0.170. The fourth-order valence-electron chi connectivity index (χ4n) is 2.81. The molecule has 3 nitrogen and oxygen atoms in total. The topological polar surface area (TPSA) is 43.4 Å². The van der Waals surface area contributed by atoms with E-state index in [1.54, 1.807) is 30.3 Å². The van der Waals surface area contributed by atoms with Crippen molar-refractivity contribution in [3.05, 3.63) is 109 Å². The Balaban J connectivity index is 1.71. The van der Waals surface area contributed by atoms with Gasteiger partial charge in [-0.3, -0.25) is 4.79 Å². The van der Waals surface area contributed by atoms with Crippen molar-refractivity contribution in [3.63, 3.8) is 0 Å². The maximum atomic E-state index is 13.8. The van der Waals surface area contributed by atoms with Gasteiger partial charge in [-0.1, -0.05) is 91.0 Å². The second-order valence-corrected chi connectivity index (χ2v) is 8.95. The molecule has 3 aromatic carbocycles. The maximum Gasteiger partial charge on any atom is 0.318 e. The Kier molecular flexibility index (Phi) is 6.40. The van der Waals surface area contributed by atoms with Gasteiger partial charge in [0.05, 0.1) is 6.26 Å². The quantitative estimate of drug-likeness (QED) is 0.351. The molecule has 0 saturated carbocycles. The van der Waals surface area contributed by atoms with E-state index in [9.17, 15) is 9.36 Å². The molecule has 0 aliphatic heterocycles. The van der Waals surface area contributed by atoms with Crippen molar-refractivity contribution >= 4 is 23.7 Å². The zero-order chi connectivity index (χ0) is 19.0. The fraction of sp³-hybridized carbons (Fsp3) is 0.0870. The van der Waals surface area contributed by atoms with E-state index in [1.165, 1.54) is 6.26 Å². The molecule has 0 spiro atoms. The third-order valence-electron chi connectivity index (χ3n) is 4.19. The molecule has 3 rings (SSSR count). The van der Waals surface area contributed by atoms with Crippen molar-refractivity contribution in [3.8, 4) is 0 Å². The van der Waals surface area contributed by atoms with Gasteiger partial charge in [-0.05, 0) is 18.1 Å². The Labute approximate surface area is 159 Å². The normalized spacial score (nSPS) is 11.4. The molecule has 0 unspecified atom stereocenters. The van der Waals surface area contributed by atoms with Crippen LogP contribution in [0.1, 0.15) is 5.56 Å². The number of benzene rings is 3. The van der Waals surface area contributed by atoms with Crippen molar-refractivity contribution in [1.29, 1.82) is 0 Å². The fourth-order valence-corrected chi connectivity index (χ4v) is 5.22. The largest absolute Gasteiger partial charge is 0.434 e. The SMILES string of the molecule is O=C(CP(=O)(c1ccccc1)c1ccccc1)O/C=C\Cc1ccccc1. The van der Waals surface area contributed by atoms with Crippen LogP contribution < -0.4 is 10.6 Å². The summed E-state index contributed by atoms with van der Waals surface area (Å²) in [4.78, 5) is 12.4. The van der Waals surface area contributed by atoms with Crippen LogP contribution in [0.3, 0.4) is 0 Å². The summed E-state index contributed by atoms with van der Waals surface area (Å²) in [6.07, 6.45) is 3.67. The molecule has 27 heavy (non-hydrogen) atoms. The van der Waals surface area contributed by atoms with Gasteiger partial charge in [0.2, 0.25) is 0 Å². The highest BCUT2D eigenvalue weighted by atomic mass is 31.2. The standard InChI is InChI=1S/C23H21O3P/c24-23(26-18-10-13-20-11-4-1-5-12-20)19-27(25,21-14-6-2-7-15-21)22-16-8-3-9-17-22/h1-12,14-18H,13,19H2/b18-10-. The third-order valence-corrected chi connectivity index (χ3v) is 7.16. The van der Waals surface area contributed by atoms with Crippen LogP contribution in [0.4, 0.5) is 0 Å². The monoisotopic (exact) mass is 376 g/mol. The predicted molar refractivity (Wildman–Crippen MR) is 110 cm³/mol. The Morgan fingerprint density at radius 2 is 1.26 bits per heavy atom. The summed E-state index contributed by atoms with van der Waals surface area (Å²) in [6, 6.07) is 28.1. The van der Waals surface area contributed by atoms with Crippen LogP contribution in [0.25, 0.3) is 0 Å². The van der Waals surface area contributed by atoms with Crippen molar-refractivity contribution in [1.82, 2.24) is 0 Å². The lowest BCUT2D eigenvalue weighted by molar-refractivity contribution is -0.135. The minimum Gasteiger partial charge on any atom is -0.434 e. The molecule has 136 valence electrons. The first kappa shape index (κ1) is 18.9. The van der Waals surface area contributed by atoms with E-state index in [-0.39, 0.29) is 6.16 Å². The number of allylic oxidation sites excluding steroid dienone is 1. The number of carbonyl (C=O) groups is 1. The number of esters is 1.